The summed E-state index contributed by atoms with van der Waals surface area (Å²) in [5, 5.41) is 3.21. The van der Waals surface area contributed by atoms with Crippen LogP contribution in [0.2, 0.25) is 0 Å². The van der Waals surface area contributed by atoms with E-state index in [0.717, 1.165) is 13.1 Å². The SMILES string of the molecule is CONC1CCNC1. The number of hydrogen-bond donors (Lipinski definition) is 2. The van der Waals surface area contributed by atoms with Crippen LogP contribution >= 0.6 is 0 Å². The second-order valence-electron chi connectivity index (χ2n) is 2.01. The van der Waals surface area contributed by atoms with Crippen LogP contribution in [-0.4, -0.2) is 26.2 Å². The molecule has 0 radical (unpaired) electrons. The van der Waals surface area contributed by atoms with Gasteiger partial charge in [-0.1, -0.05) is 0 Å². The van der Waals surface area contributed by atoms with Crippen molar-refractivity contribution in [2.45, 2.75) is 12.5 Å². The van der Waals surface area contributed by atoms with Crippen molar-refractivity contribution >= 4 is 0 Å². The zero-order valence-electron chi connectivity index (χ0n) is 5.11. The molecule has 1 unspecified atom stereocenters. The van der Waals surface area contributed by atoms with Crippen molar-refractivity contribution in [2.75, 3.05) is 20.2 Å². The van der Waals surface area contributed by atoms with Gasteiger partial charge in [0.05, 0.1) is 7.11 Å². The van der Waals surface area contributed by atoms with Gasteiger partial charge in [-0.05, 0) is 13.0 Å². The highest BCUT2D eigenvalue weighted by atomic mass is 16.6. The van der Waals surface area contributed by atoms with Crippen molar-refractivity contribution in [3.05, 3.63) is 0 Å². The molecule has 1 heterocycles. The molecule has 0 bridgehead atoms. The summed E-state index contributed by atoms with van der Waals surface area (Å²) < 4.78 is 0. The minimum absolute atomic E-state index is 0.528. The third-order valence-corrected chi connectivity index (χ3v) is 1.34. The molecule has 3 heteroatoms. The molecule has 1 rings (SSSR count). The molecule has 0 amide bonds. The van der Waals surface area contributed by atoms with Crippen LogP contribution in [0.25, 0.3) is 0 Å². The van der Waals surface area contributed by atoms with E-state index in [1.165, 1.54) is 6.42 Å². The second-order valence-corrected chi connectivity index (χ2v) is 2.01. The van der Waals surface area contributed by atoms with E-state index in [9.17, 15) is 0 Å². The zero-order valence-corrected chi connectivity index (χ0v) is 5.11. The smallest absolute Gasteiger partial charge is 0.0572 e. The third-order valence-electron chi connectivity index (χ3n) is 1.34. The van der Waals surface area contributed by atoms with Gasteiger partial charge in [0.25, 0.3) is 0 Å². The fourth-order valence-electron chi connectivity index (χ4n) is 0.922. The van der Waals surface area contributed by atoms with Gasteiger partial charge in [-0.15, -0.1) is 0 Å². The zero-order chi connectivity index (χ0) is 5.82. The van der Waals surface area contributed by atoms with Crippen molar-refractivity contribution in [3.8, 4) is 0 Å². The summed E-state index contributed by atoms with van der Waals surface area (Å²) in [4.78, 5) is 4.74. The normalized spacial score (nSPS) is 28.9. The van der Waals surface area contributed by atoms with Crippen LogP contribution in [0.4, 0.5) is 0 Å². The van der Waals surface area contributed by atoms with E-state index in [1.54, 1.807) is 7.11 Å². The topological polar surface area (TPSA) is 33.3 Å². The van der Waals surface area contributed by atoms with Crippen LogP contribution < -0.4 is 10.8 Å². The highest BCUT2D eigenvalue weighted by molar-refractivity contribution is 4.73. The predicted octanol–water partition coefficient (Wildman–Crippen LogP) is -0.501. The Morgan fingerprint density at radius 2 is 2.62 bits per heavy atom. The molecule has 1 aliphatic heterocycles. The molecule has 8 heavy (non-hydrogen) atoms. The summed E-state index contributed by atoms with van der Waals surface area (Å²) >= 11 is 0. The van der Waals surface area contributed by atoms with Gasteiger partial charge in [-0.2, -0.15) is 5.48 Å². The predicted molar refractivity (Wildman–Crippen MR) is 31.4 cm³/mol. The average molecular weight is 116 g/mol. The van der Waals surface area contributed by atoms with Crippen LogP contribution in [0.15, 0.2) is 0 Å². The Kier molecular flexibility index (Phi) is 2.27. The van der Waals surface area contributed by atoms with Gasteiger partial charge in [0.1, 0.15) is 0 Å². The van der Waals surface area contributed by atoms with Crippen LogP contribution in [0.1, 0.15) is 6.42 Å². The van der Waals surface area contributed by atoms with Crippen LogP contribution in [0, 0.1) is 0 Å². The van der Waals surface area contributed by atoms with Gasteiger partial charge in [0.15, 0.2) is 0 Å². The molecule has 0 aromatic rings. The van der Waals surface area contributed by atoms with E-state index in [0.29, 0.717) is 6.04 Å². The first-order chi connectivity index (χ1) is 3.93. The molecule has 48 valence electrons. The molecular formula is C5H12N2O. The Balaban J connectivity index is 2.06. The molecule has 1 fully saturated rings. The lowest BCUT2D eigenvalue weighted by molar-refractivity contribution is 0.0664. The average Bonchev–Trinajstić information content (AvgIpc) is 2.19. The minimum Gasteiger partial charge on any atom is -0.315 e. The van der Waals surface area contributed by atoms with E-state index < -0.39 is 0 Å². The van der Waals surface area contributed by atoms with E-state index in [4.69, 9.17) is 4.84 Å². The molecule has 0 saturated carbocycles. The molecule has 0 spiro atoms. The number of hydroxylamine groups is 1. The van der Waals surface area contributed by atoms with Crippen molar-refractivity contribution < 1.29 is 4.84 Å². The van der Waals surface area contributed by atoms with E-state index in [1.807, 2.05) is 0 Å². The lowest BCUT2D eigenvalue weighted by Gasteiger charge is -2.06. The monoisotopic (exact) mass is 116 g/mol. The molecule has 0 aromatic carbocycles. The van der Waals surface area contributed by atoms with Crippen LogP contribution in [0.5, 0.6) is 0 Å². The van der Waals surface area contributed by atoms with Crippen LogP contribution in [0.3, 0.4) is 0 Å². The highest BCUT2D eigenvalue weighted by Gasteiger charge is 2.12. The Bertz CT molecular complexity index is 61.4. The maximum Gasteiger partial charge on any atom is 0.0572 e. The largest absolute Gasteiger partial charge is 0.315 e. The number of hydrogen-bond acceptors (Lipinski definition) is 3. The Morgan fingerprint density at radius 3 is 3.12 bits per heavy atom. The lowest BCUT2D eigenvalue weighted by Crippen LogP contribution is -2.29. The number of nitrogens with one attached hydrogen (secondary N) is 2. The van der Waals surface area contributed by atoms with Gasteiger partial charge in [-0.25, -0.2) is 0 Å². The maximum absolute atomic E-state index is 4.74. The molecule has 3 nitrogen and oxygen atoms in total. The van der Waals surface area contributed by atoms with Gasteiger partial charge < -0.3 is 10.2 Å². The Labute approximate surface area is 49.4 Å². The maximum atomic E-state index is 4.74. The minimum atomic E-state index is 0.528. The number of rotatable bonds is 2. The van der Waals surface area contributed by atoms with Gasteiger partial charge in [0, 0.05) is 12.6 Å². The fraction of sp³-hybridized carbons (Fsp3) is 1.00. The summed E-state index contributed by atoms with van der Waals surface area (Å²) in [7, 11) is 1.65. The molecule has 0 aliphatic carbocycles. The molecule has 1 aliphatic rings. The molecule has 2 N–H and O–H groups in total. The first kappa shape index (κ1) is 6.01. The highest BCUT2D eigenvalue weighted by Crippen LogP contribution is 1.94. The fourth-order valence-corrected chi connectivity index (χ4v) is 0.922. The van der Waals surface area contributed by atoms with Crippen molar-refractivity contribution in [3.63, 3.8) is 0 Å². The summed E-state index contributed by atoms with van der Waals surface area (Å²) in [5.41, 5.74) is 2.88. The Morgan fingerprint density at radius 1 is 1.75 bits per heavy atom. The van der Waals surface area contributed by atoms with Gasteiger partial charge in [-0.3, -0.25) is 0 Å². The van der Waals surface area contributed by atoms with Gasteiger partial charge >= 0.3 is 0 Å². The van der Waals surface area contributed by atoms with E-state index in [2.05, 4.69) is 10.8 Å². The standard InChI is InChI=1S/C5H12N2O/c1-8-7-5-2-3-6-4-5/h5-7H,2-4H2,1H3. The second kappa shape index (κ2) is 3.02. The summed E-state index contributed by atoms with van der Waals surface area (Å²) in [6.07, 6.45) is 1.17. The Hall–Kier alpha value is -0.120. The van der Waals surface area contributed by atoms with Gasteiger partial charge in [0.2, 0.25) is 0 Å². The summed E-state index contributed by atoms with van der Waals surface area (Å²) in [6, 6.07) is 0.528. The molecule has 1 atom stereocenters. The first-order valence-corrected chi connectivity index (χ1v) is 2.92. The van der Waals surface area contributed by atoms with E-state index in [-0.39, 0.29) is 0 Å². The summed E-state index contributed by atoms with van der Waals surface area (Å²) in [6.45, 7) is 2.15. The first-order valence-electron chi connectivity index (χ1n) is 2.92. The lowest BCUT2D eigenvalue weighted by atomic mass is 10.3. The summed E-state index contributed by atoms with van der Waals surface area (Å²) in [5.74, 6) is 0. The van der Waals surface area contributed by atoms with Crippen molar-refractivity contribution in [2.24, 2.45) is 0 Å². The third kappa shape index (κ3) is 1.43. The quantitative estimate of drug-likeness (QED) is 0.477. The van der Waals surface area contributed by atoms with Crippen molar-refractivity contribution in [1.29, 1.82) is 0 Å². The van der Waals surface area contributed by atoms with Crippen molar-refractivity contribution in [1.82, 2.24) is 10.8 Å². The molecule has 1 saturated heterocycles. The molecule has 0 aromatic heterocycles. The molecular weight excluding hydrogens is 104 g/mol. The van der Waals surface area contributed by atoms with Crippen LogP contribution in [-0.2, 0) is 4.84 Å². The van der Waals surface area contributed by atoms with E-state index >= 15 is 0 Å².